The predicted molar refractivity (Wildman–Crippen MR) is 39.8 cm³/mol. The largest absolute Gasteiger partial charge is 0.431 e. The van der Waals surface area contributed by atoms with E-state index in [1.807, 2.05) is 0 Å². The second-order valence-electron chi connectivity index (χ2n) is 1.68. The van der Waals surface area contributed by atoms with Gasteiger partial charge in [0.1, 0.15) is 0 Å². The Bertz CT molecular complexity index is 155. The molecule has 0 aromatic carbocycles. The van der Waals surface area contributed by atoms with E-state index in [0.717, 1.165) is 0 Å². The third-order valence-electron chi connectivity index (χ3n) is 0.726. The quantitative estimate of drug-likeness (QED) is 0.335. The summed E-state index contributed by atoms with van der Waals surface area (Å²) in [6, 6.07) is -2.15. The van der Waals surface area contributed by atoms with Crippen molar-refractivity contribution in [3.63, 3.8) is 0 Å². The molecule has 0 saturated heterocycles. The van der Waals surface area contributed by atoms with E-state index in [2.05, 4.69) is 4.74 Å². The molecule has 0 aromatic heterocycles. The van der Waals surface area contributed by atoms with E-state index >= 15 is 0 Å². The van der Waals surface area contributed by atoms with Gasteiger partial charge in [0.05, 0.1) is 3.92 Å². The zero-order chi connectivity index (χ0) is 9.02. The molecule has 0 aliphatic heterocycles. The molecule has 2 unspecified atom stereocenters. The Labute approximate surface area is 74.5 Å². The third-order valence-corrected chi connectivity index (χ3v) is 1.29. The minimum absolute atomic E-state index is 0.683. The highest BCUT2D eigenvalue weighted by Crippen LogP contribution is 2.18. The van der Waals surface area contributed by atoms with Gasteiger partial charge < -0.3 is 4.74 Å². The standard InChI is InChI=1S/C5H5F4IO/c1-2(10)4(8)11-5(9)3(6)7/h2,4H,1H3. The summed E-state index contributed by atoms with van der Waals surface area (Å²) in [6.07, 6.45) is -4.69. The van der Waals surface area contributed by atoms with Gasteiger partial charge in [-0.3, -0.25) is 0 Å². The molecule has 0 heterocycles. The van der Waals surface area contributed by atoms with Crippen LogP contribution in [-0.2, 0) is 4.74 Å². The first-order chi connectivity index (χ1) is 4.95. The zero-order valence-corrected chi connectivity index (χ0v) is 7.61. The maximum Gasteiger partial charge on any atom is 0.342 e. The Morgan fingerprint density at radius 2 is 1.82 bits per heavy atom. The van der Waals surface area contributed by atoms with Crippen molar-refractivity contribution < 1.29 is 22.3 Å². The molecule has 0 aromatic rings. The molecule has 0 aliphatic carbocycles. The van der Waals surface area contributed by atoms with E-state index in [1.54, 1.807) is 22.6 Å². The van der Waals surface area contributed by atoms with Crippen molar-refractivity contribution in [2.45, 2.75) is 17.2 Å². The number of hydrogen-bond acceptors (Lipinski definition) is 1. The fourth-order valence-electron chi connectivity index (χ4n) is 0.237. The molecular formula is C5H5F4IO. The van der Waals surface area contributed by atoms with Crippen LogP contribution < -0.4 is 0 Å². The van der Waals surface area contributed by atoms with Crippen LogP contribution in [0.1, 0.15) is 6.92 Å². The van der Waals surface area contributed by atoms with Crippen molar-refractivity contribution in [1.82, 2.24) is 0 Å². The molecule has 0 aliphatic rings. The van der Waals surface area contributed by atoms with Crippen molar-refractivity contribution >= 4 is 22.6 Å². The molecule has 11 heavy (non-hydrogen) atoms. The van der Waals surface area contributed by atoms with Gasteiger partial charge in [-0.25, -0.2) is 4.39 Å². The molecule has 0 N–H and O–H groups in total. The van der Waals surface area contributed by atoms with Crippen LogP contribution in [0, 0.1) is 0 Å². The summed E-state index contributed by atoms with van der Waals surface area (Å²) in [5.74, 6) is 0. The molecule has 1 nitrogen and oxygen atoms in total. The van der Waals surface area contributed by atoms with Crippen molar-refractivity contribution in [3.05, 3.63) is 12.1 Å². The normalized spacial score (nSPS) is 15.5. The predicted octanol–water partition coefficient (Wildman–Crippen LogP) is 3.16. The van der Waals surface area contributed by atoms with Crippen LogP contribution in [0.3, 0.4) is 0 Å². The highest BCUT2D eigenvalue weighted by atomic mass is 127. The summed E-state index contributed by atoms with van der Waals surface area (Å²) in [5, 5.41) is 0. The smallest absolute Gasteiger partial charge is 0.342 e. The van der Waals surface area contributed by atoms with Crippen LogP contribution in [-0.4, -0.2) is 10.3 Å². The van der Waals surface area contributed by atoms with E-state index in [-0.39, 0.29) is 0 Å². The number of ether oxygens (including phenoxy) is 1. The maximum atomic E-state index is 12.3. The van der Waals surface area contributed by atoms with Gasteiger partial charge in [0.15, 0.2) is 0 Å². The molecule has 0 bridgehead atoms. The molecular weight excluding hydrogens is 279 g/mol. The fourth-order valence-corrected chi connectivity index (χ4v) is 0.384. The average Bonchev–Trinajstić information content (AvgIpc) is 1.87. The van der Waals surface area contributed by atoms with Crippen molar-refractivity contribution in [2.24, 2.45) is 0 Å². The molecule has 2 atom stereocenters. The van der Waals surface area contributed by atoms with E-state index in [4.69, 9.17) is 0 Å². The van der Waals surface area contributed by atoms with Crippen molar-refractivity contribution in [1.29, 1.82) is 0 Å². The van der Waals surface area contributed by atoms with Gasteiger partial charge in [0.25, 0.3) is 6.36 Å². The molecule has 0 radical (unpaired) electrons. The monoisotopic (exact) mass is 284 g/mol. The Balaban J connectivity index is 3.96. The van der Waals surface area contributed by atoms with Crippen LogP contribution in [0.15, 0.2) is 12.1 Å². The highest BCUT2D eigenvalue weighted by molar-refractivity contribution is 14.1. The molecule has 0 spiro atoms. The first kappa shape index (κ1) is 11.0. The number of alkyl halides is 2. The molecule has 66 valence electrons. The van der Waals surface area contributed by atoms with Gasteiger partial charge in [-0.15, -0.1) is 0 Å². The van der Waals surface area contributed by atoms with Gasteiger partial charge in [-0.1, -0.05) is 22.6 Å². The zero-order valence-electron chi connectivity index (χ0n) is 5.45. The Morgan fingerprint density at radius 3 is 2.09 bits per heavy atom. The van der Waals surface area contributed by atoms with Crippen LogP contribution in [0.5, 0.6) is 0 Å². The van der Waals surface area contributed by atoms with E-state index in [9.17, 15) is 17.6 Å². The summed E-state index contributed by atoms with van der Waals surface area (Å²) in [6.45, 7) is 1.37. The Hall–Kier alpha value is -0.0100. The lowest BCUT2D eigenvalue weighted by Gasteiger charge is -2.09. The number of hydrogen-bond donors (Lipinski definition) is 0. The number of rotatable bonds is 3. The summed E-state index contributed by atoms with van der Waals surface area (Å²) < 4.78 is 49.5. The topological polar surface area (TPSA) is 9.23 Å². The van der Waals surface area contributed by atoms with Crippen LogP contribution in [0.2, 0.25) is 0 Å². The first-order valence-electron chi connectivity index (χ1n) is 2.60. The van der Waals surface area contributed by atoms with E-state index < -0.39 is 22.4 Å². The van der Waals surface area contributed by atoms with Gasteiger partial charge in [0, 0.05) is 0 Å². The summed E-state index contributed by atoms with van der Waals surface area (Å²) >= 11 is 1.59. The average molecular weight is 284 g/mol. The lowest BCUT2D eigenvalue weighted by atomic mass is 10.5. The third kappa shape index (κ3) is 4.44. The van der Waals surface area contributed by atoms with Gasteiger partial charge >= 0.3 is 12.1 Å². The lowest BCUT2D eigenvalue weighted by molar-refractivity contribution is -0.0271. The molecule has 0 rings (SSSR count). The second kappa shape index (κ2) is 4.78. The summed E-state index contributed by atoms with van der Waals surface area (Å²) in [7, 11) is 0. The molecule has 0 saturated carbocycles. The van der Waals surface area contributed by atoms with E-state index in [1.165, 1.54) is 6.92 Å². The molecule has 0 amide bonds. The highest BCUT2D eigenvalue weighted by Gasteiger charge is 2.18. The van der Waals surface area contributed by atoms with Crippen LogP contribution in [0.25, 0.3) is 0 Å². The Kier molecular flexibility index (Phi) is 4.78. The molecule has 0 fully saturated rings. The van der Waals surface area contributed by atoms with Crippen molar-refractivity contribution in [3.8, 4) is 0 Å². The van der Waals surface area contributed by atoms with Gasteiger partial charge in [-0.2, -0.15) is 13.2 Å². The number of halogens is 5. The minimum atomic E-state index is -2.65. The second-order valence-corrected chi connectivity index (χ2v) is 3.65. The lowest BCUT2D eigenvalue weighted by Crippen LogP contribution is -2.14. The van der Waals surface area contributed by atoms with Crippen LogP contribution in [0.4, 0.5) is 17.6 Å². The van der Waals surface area contributed by atoms with Gasteiger partial charge in [0.2, 0.25) is 0 Å². The van der Waals surface area contributed by atoms with Gasteiger partial charge in [-0.05, 0) is 6.92 Å². The Morgan fingerprint density at radius 1 is 1.36 bits per heavy atom. The van der Waals surface area contributed by atoms with Crippen molar-refractivity contribution in [2.75, 3.05) is 0 Å². The van der Waals surface area contributed by atoms with E-state index in [0.29, 0.717) is 0 Å². The summed E-state index contributed by atoms with van der Waals surface area (Å²) in [5.41, 5.74) is 0. The van der Waals surface area contributed by atoms with Crippen LogP contribution >= 0.6 is 22.6 Å². The SMILES string of the molecule is CC(I)C(F)OC(F)=C(F)F. The molecule has 6 heteroatoms. The minimum Gasteiger partial charge on any atom is -0.431 e. The first-order valence-corrected chi connectivity index (χ1v) is 3.85. The summed E-state index contributed by atoms with van der Waals surface area (Å²) in [4.78, 5) is 0. The fraction of sp³-hybridized carbons (Fsp3) is 0.600. The maximum absolute atomic E-state index is 12.3.